The van der Waals surface area contributed by atoms with E-state index >= 15 is 0 Å². The summed E-state index contributed by atoms with van der Waals surface area (Å²) in [6.45, 7) is 5.46. The molecule has 2 aromatic rings. The van der Waals surface area contributed by atoms with E-state index in [0.717, 1.165) is 42.6 Å². The predicted molar refractivity (Wildman–Crippen MR) is 101 cm³/mol. The molecule has 0 aliphatic carbocycles. The fraction of sp³-hybridized carbons (Fsp3) is 0.474. The maximum Gasteiger partial charge on any atom is 0.230 e. The van der Waals surface area contributed by atoms with Crippen molar-refractivity contribution in [2.24, 2.45) is 5.92 Å². The highest BCUT2D eigenvalue weighted by Gasteiger charge is 2.17. The minimum atomic E-state index is -0.0547. The maximum absolute atomic E-state index is 12.2. The summed E-state index contributed by atoms with van der Waals surface area (Å²) in [5.41, 5.74) is 1.97. The quantitative estimate of drug-likeness (QED) is 0.857. The van der Waals surface area contributed by atoms with Crippen molar-refractivity contribution in [2.45, 2.75) is 32.7 Å². The van der Waals surface area contributed by atoms with Crippen molar-refractivity contribution < 1.29 is 9.53 Å². The van der Waals surface area contributed by atoms with Crippen LogP contribution < -0.4 is 10.1 Å². The van der Waals surface area contributed by atoms with Gasteiger partial charge in [0.25, 0.3) is 0 Å². The molecule has 0 spiro atoms. The summed E-state index contributed by atoms with van der Waals surface area (Å²) in [4.78, 5) is 19.2. The Morgan fingerprint density at radius 2 is 2.20 bits per heavy atom. The summed E-state index contributed by atoms with van der Waals surface area (Å²) < 4.78 is 5.19. The van der Waals surface area contributed by atoms with Crippen LogP contribution in [0.4, 0.5) is 5.13 Å². The van der Waals surface area contributed by atoms with Gasteiger partial charge in [0.1, 0.15) is 5.75 Å². The molecule has 25 heavy (non-hydrogen) atoms. The third-order valence-electron chi connectivity index (χ3n) is 4.56. The van der Waals surface area contributed by atoms with Gasteiger partial charge in [-0.05, 0) is 49.5 Å². The average Bonchev–Trinajstić information content (AvgIpc) is 3.04. The summed E-state index contributed by atoms with van der Waals surface area (Å²) >= 11 is 1.49. The SMILES string of the molecule is COc1cccc(CC(=O)Nc2nc(CN3CCC(C)CC3)cs2)c1. The predicted octanol–water partition coefficient (Wildman–Crippen LogP) is 3.56. The minimum absolute atomic E-state index is 0.0547. The van der Waals surface area contributed by atoms with Gasteiger partial charge in [0.2, 0.25) is 5.91 Å². The number of anilines is 1. The minimum Gasteiger partial charge on any atom is -0.497 e. The van der Waals surface area contributed by atoms with Crippen LogP contribution in [-0.2, 0) is 17.8 Å². The van der Waals surface area contributed by atoms with Gasteiger partial charge in [-0.15, -0.1) is 11.3 Å². The molecule has 134 valence electrons. The number of amides is 1. The summed E-state index contributed by atoms with van der Waals surface area (Å²) in [6, 6.07) is 7.56. The van der Waals surface area contributed by atoms with Gasteiger partial charge >= 0.3 is 0 Å². The third kappa shape index (κ3) is 5.28. The van der Waals surface area contributed by atoms with Gasteiger partial charge in [0.05, 0.1) is 19.2 Å². The van der Waals surface area contributed by atoms with E-state index in [1.165, 1.54) is 24.2 Å². The number of nitrogens with one attached hydrogen (secondary N) is 1. The first-order valence-corrected chi connectivity index (χ1v) is 9.60. The van der Waals surface area contributed by atoms with E-state index in [1.807, 2.05) is 29.6 Å². The second kappa shape index (κ2) is 8.45. The molecule has 3 rings (SSSR count). The molecule has 1 aromatic carbocycles. The zero-order chi connectivity index (χ0) is 17.6. The number of carbonyl (C=O) groups excluding carboxylic acids is 1. The standard InChI is InChI=1S/C19H25N3O2S/c1-14-6-8-22(9-7-14)12-16-13-25-19(20-16)21-18(23)11-15-4-3-5-17(10-15)24-2/h3-5,10,13-14H,6-9,11-12H2,1-2H3,(H,20,21,23). The molecule has 1 aromatic heterocycles. The highest BCUT2D eigenvalue weighted by atomic mass is 32.1. The molecule has 0 unspecified atom stereocenters. The van der Waals surface area contributed by atoms with E-state index in [4.69, 9.17) is 4.74 Å². The molecule has 0 radical (unpaired) electrons. The molecule has 1 aliphatic rings. The number of aromatic nitrogens is 1. The topological polar surface area (TPSA) is 54.5 Å². The first-order chi connectivity index (χ1) is 12.1. The number of carbonyl (C=O) groups is 1. The number of hydrogen-bond donors (Lipinski definition) is 1. The van der Waals surface area contributed by atoms with Gasteiger partial charge < -0.3 is 10.1 Å². The zero-order valence-electron chi connectivity index (χ0n) is 14.8. The summed E-state index contributed by atoms with van der Waals surface area (Å²) in [7, 11) is 1.62. The lowest BCUT2D eigenvalue weighted by molar-refractivity contribution is -0.115. The fourth-order valence-corrected chi connectivity index (χ4v) is 3.74. The Hall–Kier alpha value is -1.92. The number of ether oxygens (including phenoxy) is 1. The largest absolute Gasteiger partial charge is 0.497 e. The normalized spacial score (nSPS) is 15.9. The zero-order valence-corrected chi connectivity index (χ0v) is 15.6. The molecule has 6 heteroatoms. The Bertz CT molecular complexity index is 708. The van der Waals surface area contributed by atoms with Gasteiger partial charge in [0, 0.05) is 11.9 Å². The number of piperidine rings is 1. The molecule has 5 nitrogen and oxygen atoms in total. The second-order valence-electron chi connectivity index (χ2n) is 6.68. The Kier molecular flexibility index (Phi) is 6.04. The van der Waals surface area contributed by atoms with Crippen molar-refractivity contribution in [2.75, 3.05) is 25.5 Å². The Morgan fingerprint density at radius 1 is 1.40 bits per heavy atom. The van der Waals surface area contributed by atoms with E-state index in [0.29, 0.717) is 11.6 Å². The molecule has 1 fully saturated rings. The fourth-order valence-electron chi connectivity index (χ4n) is 3.02. The lowest BCUT2D eigenvalue weighted by Crippen LogP contribution is -2.32. The summed E-state index contributed by atoms with van der Waals surface area (Å²) in [6.07, 6.45) is 2.83. The van der Waals surface area contributed by atoms with Gasteiger partial charge in [-0.25, -0.2) is 4.98 Å². The van der Waals surface area contributed by atoms with E-state index in [9.17, 15) is 4.79 Å². The van der Waals surface area contributed by atoms with Crippen LogP contribution in [0.25, 0.3) is 0 Å². The van der Waals surface area contributed by atoms with Gasteiger partial charge in [-0.3, -0.25) is 9.69 Å². The van der Waals surface area contributed by atoms with E-state index < -0.39 is 0 Å². The molecule has 0 bridgehead atoms. The lowest BCUT2D eigenvalue weighted by atomic mass is 9.99. The number of benzene rings is 1. The van der Waals surface area contributed by atoms with Crippen LogP contribution in [0.5, 0.6) is 5.75 Å². The van der Waals surface area contributed by atoms with Crippen molar-refractivity contribution >= 4 is 22.4 Å². The van der Waals surface area contributed by atoms with Crippen molar-refractivity contribution in [3.63, 3.8) is 0 Å². The van der Waals surface area contributed by atoms with Crippen LogP contribution in [0, 0.1) is 5.92 Å². The third-order valence-corrected chi connectivity index (χ3v) is 5.37. The number of likely N-dealkylation sites (tertiary alicyclic amines) is 1. The number of hydrogen-bond acceptors (Lipinski definition) is 5. The first-order valence-electron chi connectivity index (χ1n) is 8.72. The Morgan fingerprint density at radius 3 is 2.96 bits per heavy atom. The van der Waals surface area contributed by atoms with Crippen molar-refractivity contribution in [1.29, 1.82) is 0 Å². The van der Waals surface area contributed by atoms with Crippen LogP contribution in [-0.4, -0.2) is 36.0 Å². The van der Waals surface area contributed by atoms with Gasteiger partial charge in [0.15, 0.2) is 5.13 Å². The highest BCUT2D eigenvalue weighted by molar-refractivity contribution is 7.13. The number of rotatable bonds is 6. The number of methoxy groups -OCH3 is 1. The average molecular weight is 359 g/mol. The molecule has 0 atom stereocenters. The van der Waals surface area contributed by atoms with Crippen molar-refractivity contribution in [3.05, 3.63) is 40.9 Å². The molecule has 1 aliphatic heterocycles. The lowest BCUT2D eigenvalue weighted by Gasteiger charge is -2.29. The summed E-state index contributed by atoms with van der Waals surface area (Å²) in [5, 5.41) is 5.62. The van der Waals surface area contributed by atoms with Gasteiger partial charge in [-0.2, -0.15) is 0 Å². The van der Waals surface area contributed by atoms with Crippen molar-refractivity contribution in [1.82, 2.24) is 9.88 Å². The molecule has 1 N–H and O–H groups in total. The van der Waals surface area contributed by atoms with Crippen LogP contribution in [0.15, 0.2) is 29.6 Å². The Labute approximate surface area is 153 Å². The summed E-state index contributed by atoms with van der Waals surface area (Å²) in [5.74, 6) is 1.54. The first kappa shape index (κ1) is 17.9. The molecule has 2 heterocycles. The Balaban J connectivity index is 1.51. The molecular formula is C19H25N3O2S. The molecule has 1 saturated heterocycles. The van der Waals surface area contributed by atoms with Gasteiger partial charge in [-0.1, -0.05) is 19.1 Å². The van der Waals surface area contributed by atoms with Crippen LogP contribution >= 0.6 is 11.3 Å². The molecular weight excluding hydrogens is 334 g/mol. The maximum atomic E-state index is 12.2. The van der Waals surface area contributed by atoms with E-state index in [2.05, 4.69) is 22.1 Å². The van der Waals surface area contributed by atoms with Crippen LogP contribution in [0.2, 0.25) is 0 Å². The monoisotopic (exact) mass is 359 g/mol. The van der Waals surface area contributed by atoms with Crippen molar-refractivity contribution in [3.8, 4) is 5.75 Å². The molecule has 1 amide bonds. The van der Waals surface area contributed by atoms with E-state index in [1.54, 1.807) is 7.11 Å². The molecule has 0 saturated carbocycles. The number of nitrogens with zero attached hydrogens (tertiary/aromatic N) is 2. The van der Waals surface area contributed by atoms with E-state index in [-0.39, 0.29) is 5.91 Å². The second-order valence-corrected chi connectivity index (χ2v) is 7.54. The number of thiazole rings is 1. The van der Waals surface area contributed by atoms with Crippen LogP contribution in [0.3, 0.4) is 0 Å². The highest BCUT2D eigenvalue weighted by Crippen LogP contribution is 2.21. The smallest absolute Gasteiger partial charge is 0.230 e. The van der Waals surface area contributed by atoms with Crippen LogP contribution in [0.1, 0.15) is 31.0 Å².